The smallest absolute Gasteiger partial charge is 0.244 e. The minimum Gasteiger partial charge on any atom is -0.495 e. The van der Waals surface area contributed by atoms with Gasteiger partial charge >= 0.3 is 0 Å². The number of sulfonamides is 1. The van der Waals surface area contributed by atoms with Crippen LogP contribution in [0.2, 0.25) is 0 Å². The molecular formula is C12H18BrNO5S. The molecule has 0 saturated heterocycles. The summed E-state index contributed by atoms with van der Waals surface area (Å²) < 4.78 is 43.1. The first-order valence-electron chi connectivity index (χ1n) is 5.77. The van der Waals surface area contributed by atoms with Gasteiger partial charge in [-0.3, -0.25) is 0 Å². The molecule has 0 radical (unpaired) electrons. The predicted molar refractivity (Wildman–Crippen MR) is 78.3 cm³/mol. The van der Waals surface area contributed by atoms with Gasteiger partial charge in [-0.1, -0.05) is 15.9 Å². The highest BCUT2D eigenvalue weighted by molar-refractivity contribution is 9.10. The van der Waals surface area contributed by atoms with E-state index < -0.39 is 22.4 Å². The maximum atomic E-state index is 12.4. The lowest BCUT2D eigenvalue weighted by Gasteiger charge is -2.22. The van der Waals surface area contributed by atoms with Crippen LogP contribution in [-0.2, 0) is 19.5 Å². The summed E-state index contributed by atoms with van der Waals surface area (Å²) in [5.74, 6) is 0.263. The van der Waals surface area contributed by atoms with Crippen LogP contribution in [0.4, 0.5) is 0 Å². The highest BCUT2D eigenvalue weighted by Crippen LogP contribution is 2.27. The van der Waals surface area contributed by atoms with Crippen LogP contribution in [-0.4, -0.2) is 42.1 Å². The number of hydrogen-bond acceptors (Lipinski definition) is 5. The Kier molecular flexibility index (Phi) is 6.41. The quantitative estimate of drug-likeness (QED) is 0.743. The van der Waals surface area contributed by atoms with E-state index in [0.717, 1.165) is 0 Å². The second kappa shape index (κ2) is 7.37. The molecule has 0 saturated carbocycles. The first-order valence-corrected chi connectivity index (χ1v) is 8.04. The van der Waals surface area contributed by atoms with Gasteiger partial charge in [0.05, 0.1) is 13.2 Å². The van der Waals surface area contributed by atoms with Crippen LogP contribution in [0.3, 0.4) is 0 Å². The van der Waals surface area contributed by atoms with Crippen LogP contribution in [0.1, 0.15) is 6.92 Å². The maximum Gasteiger partial charge on any atom is 0.244 e. The van der Waals surface area contributed by atoms with Crippen molar-refractivity contribution < 1.29 is 22.6 Å². The fourth-order valence-corrected chi connectivity index (χ4v) is 3.67. The number of benzene rings is 1. The van der Waals surface area contributed by atoms with E-state index in [4.69, 9.17) is 14.2 Å². The summed E-state index contributed by atoms with van der Waals surface area (Å²) in [6.07, 6.45) is -0.678. The second-order valence-electron chi connectivity index (χ2n) is 4.04. The Bertz CT molecular complexity index is 545. The largest absolute Gasteiger partial charge is 0.495 e. The molecule has 0 amide bonds. The van der Waals surface area contributed by atoms with Crippen molar-refractivity contribution in [2.75, 3.05) is 21.3 Å². The molecule has 0 aliphatic carbocycles. The molecule has 114 valence electrons. The van der Waals surface area contributed by atoms with Crippen LogP contribution >= 0.6 is 15.9 Å². The Labute approximate surface area is 127 Å². The number of rotatable bonds is 7. The highest BCUT2D eigenvalue weighted by Gasteiger charge is 2.26. The third-order valence-corrected chi connectivity index (χ3v) is 4.70. The van der Waals surface area contributed by atoms with Crippen molar-refractivity contribution in [2.24, 2.45) is 0 Å². The van der Waals surface area contributed by atoms with Crippen molar-refractivity contribution in [1.29, 1.82) is 0 Å². The third kappa shape index (κ3) is 4.16. The van der Waals surface area contributed by atoms with Gasteiger partial charge < -0.3 is 14.2 Å². The Hall–Kier alpha value is -0.670. The molecule has 0 aromatic heterocycles. The first-order chi connectivity index (χ1) is 9.35. The normalized spacial score (nSPS) is 13.5. The van der Waals surface area contributed by atoms with Crippen molar-refractivity contribution >= 4 is 26.0 Å². The van der Waals surface area contributed by atoms with Crippen molar-refractivity contribution in [2.45, 2.75) is 24.2 Å². The van der Waals surface area contributed by atoms with Crippen molar-refractivity contribution in [1.82, 2.24) is 4.72 Å². The van der Waals surface area contributed by atoms with E-state index in [1.54, 1.807) is 19.1 Å². The first kappa shape index (κ1) is 17.4. The molecule has 0 aliphatic heterocycles. The van der Waals surface area contributed by atoms with Gasteiger partial charge in [-0.15, -0.1) is 0 Å². The lowest BCUT2D eigenvalue weighted by molar-refractivity contribution is -0.115. The molecule has 0 bridgehead atoms. The van der Waals surface area contributed by atoms with Crippen LogP contribution < -0.4 is 9.46 Å². The maximum absolute atomic E-state index is 12.4. The summed E-state index contributed by atoms with van der Waals surface area (Å²) in [5, 5.41) is 0. The molecular weight excluding hydrogens is 350 g/mol. The zero-order valence-corrected chi connectivity index (χ0v) is 14.1. The highest BCUT2D eigenvalue weighted by atomic mass is 79.9. The monoisotopic (exact) mass is 367 g/mol. The standard InChI is InChI=1S/C12H18BrNO5S/c1-8(12(18-3)19-4)14-20(15,16)11-7-9(13)5-6-10(11)17-2/h5-8,12,14H,1-4H3. The van der Waals surface area contributed by atoms with Gasteiger partial charge in [-0.2, -0.15) is 0 Å². The lowest BCUT2D eigenvalue weighted by atomic mass is 10.3. The summed E-state index contributed by atoms with van der Waals surface area (Å²) in [5.41, 5.74) is 0. The molecule has 0 spiro atoms. The molecule has 1 rings (SSSR count). The van der Waals surface area contributed by atoms with Crippen LogP contribution in [0.25, 0.3) is 0 Å². The van der Waals surface area contributed by atoms with E-state index in [1.165, 1.54) is 27.4 Å². The molecule has 6 nitrogen and oxygen atoms in total. The van der Waals surface area contributed by atoms with Crippen LogP contribution in [0.15, 0.2) is 27.6 Å². The number of hydrogen-bond donors (Lipinski definition) is 1. The molecule has 8 heteroatoms. The van der Waals surface area contributed by atoms with E-state index in [9.17, 15) is 8.42 Å². The topological polar surface area (TPSA) is 73.9 Å². The minimum absolute atomic E-state index is 0.0483. The second-order valence-corrected chi connectivity index (χ2v) is 6.64. The number of nitrogens with one attached hydrogen (secondary N) is 1. The number of ether oxygens (including phenoxy) is 3. The fourth-order valence-electron chi connectivity index (χ4n) is 1.73. The summed E-state index contributed by atoms with van der Waals surface area (Å²) in [7, 11) is 0.547. The van der Waals surface area contributed by atoms with E-state index in [-0.39, 0.29) is 10.6 Å². The third-order valence-electron chi connectivity index (χ3n) is 2.63. The molecule has 1 aromatic carbocycles. The Morgan fingerprint density at radius 3 is 2.30 bits per heavy atom. The molecule has 0 aliphatic rings. The zero-order valence-electron chi connectivity index (χ0n) is 11.7. The van der Waals surface area contributed by atoms with Crippen LogP contribution in [0, 0.1) is 0 Å². The van der Waals surface area contributed by atoms with Crippen molar-refractivity contribution in [3.8, 4) is 5.75 Å². The van der Waals surface area contributed by atoms with Gasteiger partial charge in [-0.25, -0.2) is 13.1 Å². The lowest BCUT2D eigenvalue weighted by Crippen LogP contribution is -2.42. The van der Waals surface area contributed by atoms with Gasteiger partial charge in [0.1, 0.15) is 10.6 Å². The molecule has 1 aromatic rings. The van der Waals surface area contributed by atoms with Gasteiger partial charge in [0.25, 0.3) is 0 Å². The average Bonchev–Trinajstić information content (AvgIpc) is 2.39. The van der Waals surface area contributed by atoms with Gasteiger partial charge in [-0.05, 0) is 25.1 Å². The fraction of sp³-hybridized carbons (Fsp3) is 0.500. The van der Waals surface area contributed by atoms with Crippen molar-refractivity contribution in [3.05, 3.63) is 22.7 Å². The predicted octanol–water partition coefficient (Wildman–Crippen LogP) is 1.74. The average molecular weight is 368 g/mol. The van der Waals surface area contributed by atoms with Gasteiger partial charge in [0.15, 0.2) is 6.29 Å². The van der Waals surface area contributed by atoms with Gasteiger partial charge in [0.2, 0.25) is 10.0 Å². The van der Waals surface area contributed by atoms with Crippen LogP contribution in [0.5, 0.6) is 5.75 Å². The molecule has 1 unspecified atom stereocenters. The summed E-state index contributed by atoms with van der Waals surface area (Å²) in [6, 6.07) is 4.20. The SMILES string of the molecule is COc1ccc(Br)cc1S(=O)(=O)NC(C)C(OC)OC. The summed E-state index contributed by atoms with van der Waals surface area (Å²) in [4.78, 5) is 0.0483. The van der Waals surface area contributed by atoms with Crippen molar-refractivity contribution in [3.63, 3.8) is 0 Å². The van der Waals surface area contributed by atoms with E-state index >= 15 is 0 Å². The van der Waals surface area contributed by atoms with E-state index in [0.29, 0.717) is 4.47 Å². The Balaban J connectivity index is 3.08. The zero-order chi connectivity index (χ0) is 15.3. The summed E-state index contributed by atoms with van der Waals surface area (Å²) >= 11 is 3.24. The number of halogens is 1. The summed E-state index contributed by atoms with van der Waals surface area (Å²) in [6.45, 7) is 1.65. The molecule has 1 atom stereocenters. The van der Waals surface area contributed by atoms with Gasteiger partial charge in [0, 0.05) is 18.7 Å². The Morgan fingerprint density at radius 2 is 1.80 bits per heavy atom. The minimum atomic E-state index is -3.75. The molecule has 0 heterocycles. The Morgan fingerprint density at radius 1 is 1.20 bits per heavy atom. The number of methoxy groups -OCH3 is 3. The van der Waals surface area contributed by atoms with E-state index in [2.05, 4.69) is 20.7 Å². The molecule has 20 heavy (non-hydrogen) atoms. The van der Waals surface area contributed by atoms with E-state index in [1.807, 2.05) is 0 Å². The molecule has 0 fully saturated rings. The molecule has 1 N–H and O–H groups in total.